The Labute approximate surface area is 223 Å². The number of nitrogens with zero attached hydrogens (tertiary/aromatic N) is 1. The van der Waals surface area contributed by atoms with Crippen molar-refractivity contribution in [3.8, 4) is 0 Å². The van der Waals surface area contributed by atoms with Crippen LogP contribution in [0.5, 0.6) is 0 Å². The average Bonchev–Trinajstić information content (AvgIpc) is 2.94. The predicted molar refractivity (Wildman–Crippen MR) is 147 cm³/mol. The molecule has 0 saturated heterocycles. The van der Waals surface area contributed by atoms with Crippen molar-refractivity contribution in [2.45, 2.75) is 19.0 Å². The number of hydrogen-bond acceptors (Lipinski definition) is 7. The third kappa shape index (κ3) is 6.28. The third-order valence-corrected chi connectivity index (χ3v) is 6.02. The van der Waals surface area contributed by atoms with E-state index in [0.717, 1.165) is 22.1 Å². The zero-order chi connectivity index (χ0) is 27.9. The van der Waals surface area contributed by atoms with Crippen LogP contribution in [0, 0.1) is 0 Å². The maximum absolute atomic E-state index is 13.1. The second kappa shape index (κ2) is 12.0. The number of aliphatic hydroxyl groups excluding tert-OH is 1. The van der Waals surface area contributed by atoms with Gasteiger partial charge in [-0.2, -0.15) is 0 Å². The minimum absolute atomic E-state index is 0.278. The topological polar surface area (TPSA) is 176 Å². The number of carbonyl (C=O) groups excluding carboxylic acids is 4. The molecule has 4 rings (SSSR count). The van der Waals surface area contributed by atoms with Gasteiger partial charge in [-0.3, -0.25) is 19.2 Å². The number of fused-ring (bicyclic) bond motifs is 2. The van der Waals surface area contributed by atoms with Crippen LogP contribution < -0.4 is 27.0 Å². The van der Waals surface area contributed by atoms with E-state index in [9.17, 15) is 19.2 Å². The van der Waals surface area contributed by atoms with E-state index in [1.165, 1.54) is 6.92 Å². The van der Waals surface area contributed by atoms with E-state index in [1.807, 2.05) is 60.7 Å². The predicted octanol–water partition coefficient (Wildman–Crippen LogP) is 1.33. The number of rotatable bonds is 10. The van der Waals surface area contributed by atoms with Gasteiger partial charge in [0.2, 0.25) is 17.7 Å². The lowest BCUT2D eigenvalue weighted by atomic mass is 10.0. The molecule has 4 amide bonds. The highest BCUT2D eigenvalue weighted by atomic mass is 16.3. The van der Waals surface area contributed by atoms with Crippen molar-refractivity contribution in [1.82, 2.24) is 20.9 Å². The first-order valence-corrected chi connectivity index (χ1v) is 12.2. The number of hydrogen-bond donors (Lipinski definition) is 6. The summed E-state index contributed by atoms with van der Waals surface area (Å²) in [5, 5.41) is 21.4. The van der Waals surface area contributed by atoms with Gasteiger partial charge in [0, 0.05) is 16.5 Å². The molecule has 0 fully saturated rings. The van der Waals surface area contributed by atoms with E-state index in [4.69, 9.17) is 15.8 Å². The summed E-state index contributed by atoms with van der Waals surface area (Å²) in [5.74, 6) is -2.77. The normalized spacial score (nSPS) is 12.4. The van der Waals surface area contributed by atoms with Gasteiger partial charge in [-0.15, -0.1) is 0 Å². The molecule has 0 saturated carbocycles. The lowest BCUT2D eigenvalue weighted by molar-refractivity contribution is -0.131. The molecule has 2 atom stereocenters. The largest absolute Gasteiger partial charge is 0.394 e. The van der Waals surface area contributed by atoms with Crippen LogP contribution in [0.1, 0.15) is 17.3 Å². The summed E-state index contributed by atoms with van der Waals surface area (Å²) in [6.45, 7) is 0.314. The average molecular weight is 529 g/mol. The minimum Gasteiger partial charge on any atom is -0.394 e. The molecule has 0 aliphatic rings. The highest BCUT2D eigenvalue weighted by Crippen LogP contribution is 2.34. The second-order valence-electron chi connectivity index (χ2n) is 8.81. The smallest absolute Gasteiger partial charge is 0.253 e. The molecule has 4 aromatic rings. The van der Waals surface area contributed by atoms with E-state index >= 15 is 0 Å². The Kier molecular flexibility index (Phi) is 8.32. The molecule has 1 heterocycles. The lowest BCUT2D eigenvalue weighted by Crippen LogP contribution is -2.54. The van der Waals surface area contributed by atoms with E-state index < -0.39 is 48.9 Å². The van der Waals surface area contributed by atoms with Gasteiger partial charge in [0.1, 0.15) is 12.1 Å². The van der Waals surface area contributed by atoms with Crippen molar-refractivity contribution in [2.24, 2.45) is 5.73 Å². The van der Waals surface area contributed by atoms with Gasteiger partial charge in [0.05, 0.1) is 35.4 Å². The van der Waals surface area contributed by atoms with Crippen molar-refractivity contribution in [2.75, 3.05) is 18.5 Å². The molecule has 0 bridgehead atoms. The van der Waals surface area contributed by atoms with Gasteiger partial charge in [0.15, 0.2) is 0 Å². The molecule has 7 N–H and O–H groups in total. The molecule has 0 aliphatic carbocycles. The number of pyridine rings is 1. The fourth-order valence-corrected chi connectivity index (χ4v) is 4.01. The van der Waals surface area contributed by atoms with Crippen LogP contribution in [0.4, 0.5) is 11.4 Å². The van der Waals surface area contributed by atoms with E-state index in [0.29, 0.717) is 11.0 Å². The monoisotopic (exact) mass is 528 g/mol. The number of aliphatic hydroxyl groups is 1. The Hall–Kier alpha value is -5.03. The molecular formula is C28H28N6O5. The van der Waals surface area contributed by atoms with Crippen molar-refractivity contribution < 1.29 is 24.3 Å². The van der Waals surface area contributed by atoms with Crippen LogP contribution in [0.2, 0.25) is 0 Å². The molecule has 11 nitrogen and oxygen atoms in total. The lowest BCUT2D eigenvalue weighted by Gasteiger charge is -2.18. The summed E-state index contributed by atoms with van der Waals surface area (Å²) in [6, 6.07) is 20.2. The van der Waals surface area contributed by atoms with Crippen LogP contribution >= 0.6 is 0 Å². The standard InChI is InChI=1S/C28H28N6O5/c1-16(27(38)34-22(15-35)26(29)37)31-23(36)14-30-28(39)20-12-7-11-19-24(32-17-8-3-2-4-9-17)18-10-5-6-13-21(18)33-25(19)20/h2-13,16,22,35H,14-15H2,1H3,(H2,29,37)(H,30,39)(H,31,36)(H,32,33)(H,34,38)/t16-,22-/m0/s1. The van der Waals surface area contributed by atoms with E-state index in [2.05, 4.69) is 21.3 Å². The van der Waals surface area contributed by atoms with E-state index in [1.54, 1.807) is 12.1 Å². The zero-order valence-electron chi connectivity index (χ0n) is 21.1. The number of para-hydroxylation sites is 3. The van der Waals surface area contributed by atoms with Crippen LogP contribution in [0.3, 0.4) is 0 Å². The number of amides is 4. The summed E-state index contributed by atoms with van der Waals surface area (Å²) >= 11 is 0. The second-order valence-corrected chi connectivity index (χ2v) is 8.81. The Morgan fingerprint density at radius 1 is 0.897 bits per heavy atom. The van der Waals surface area contributed by atoms with Gasteiger partial charge >= 0.3 is 0 Å². The minimum atomic E-state index is -1.27. The fourth-order valence-electron chi connectivity index (χ4n) is 4.01. The number of nitrogens with one attached hydrogen (secondary N) is 4. The summed E-state index contributed by atoms with van der Waals surface area (Å²) in [4.78, 5) is 53.7. The maximum Gasteiger partial charge on any atom is 0.253 e. The molecule has 3 aromatic carbocycles. The van der Waals surface area contributed by atoms with Crippen molar-refractivity contribution >= 4 is 56.8 Å². The van der Waals surface area contributed by atoms with Crippen LogP contribution in [-0.2, 0) is 14.4 Å². The first-order valence-electron chi connectivity index (χ1n) is 12.2. The third-order valence-electron chi connectivity index (χ3n) is 6.02. The molecule has 0 unspecified atom stereocenters. The fraction of sp³-hybridized carbons (Fsp3) is 0.179. The summed E-state index contributed by atoms with van der Waals surface area (Å²) < 4.78 is 0. The molecule has 0 radical (unpaired) electrons. The molecule has 11 heteroatoms. The van der Waals surface area contributed by atoms with Gasteiger partial charge in [0.25, 0.3) is 5.91 Å². The van der Waals surface area contributed by atoms with E-state index in [-0.39, 0.29) is 5.56 Å². The quantitative estimate of drug-likeness (QED) is 0.168. The van der Waals surface area contributed by atoms with Crippen LogP contribution in [0.25, 0.3) is 21.8 Å². The number of anilines is 2. The van der Waals surface area contributed by atoms with Gasteiger partial charge in [-0.25, -0.2) is 4.98 Å². The number of primary amides is 1. The first kappa shape index (κ1) is 27.0. The van der Waals surface area contributed by atoms with Crippen LogP contribution in [-0.4, -0.2) is 59.0 Å². The number of aromatic nitrogens is 1. The molecule has 200 valence electrons. The zero-order valence-corrected chi connectivity index (χ0v) is 21.1. The molecule has 39 heavy (non-hydrogen) atoms. The summed E-state index contributed by atoms with van der Waals surface area (Å²) in [5.41, 5.74) is 8.20. The molecule has 0 aliphatic heterocycles. The van der Waals surface area contributed by atoms with Crippen LogP contribution in [0.15, 0.2) is 72.8 Å². The van der Waals surface area contributed by atoms with Gasteiger partial charge < -0.3 is 32.1 Å². The number of carbonyl (C=O) groups is 4. The molecule has 1 aromatic heterocycles. The number of benzene rings is 3. The van der Waals surface area contributed by atoms with Gasteiger partial charge in [-0.1, -0.05) is 48.5 Å². The highest BCUT2D eigenvalue weighted by Gasteiger charge is 2.22. The number of nitrogens with two attached hydrogens (primary N) is 1. The van der Waals surface area contributed by atoms with Crippen molar-refractivity contribution in [3.63, 3.8) is 0 Å². The van der Waals surface area contributed by atoms with Crippen molar-refractivity contribution in [1.29, 1.82) is 0 Å². The Morgan fingerprint density at radius 2 is 1.59 bits per heavy atom. The Bertz CT molecular complexity index is 1540. The molecular weight excluding hydrogens is 500 g/mol. The highest BCUT2D eigenvalue weighted by molar-refractivity contribution is 6.15. The molecule has 0 spiro atoms. The Balaban J connectivity index is 1.52. The maximum atomic E-state index is 13.1. The van der Waals surface area contributed by atoms with Gasteiger partial charge in [-0.05, 0) is 31.2 Å². The Morgan fingerprint density at radius 3 is 2.31 bits per heavy atom. The summed E-state index contributed by atoms with van der Waals surface area (Å²) in [6.07, 6.45) is 0. The SMILES string of the molecule is C[C@H](NC(=O)CNC(=O)c1cccc2c(Nc3ccccc3)c3ccccc3nc12)C(=O)N[C@@H](CO)C(N)=O. The van der Waals surface area contributed by atoms with Crippen molar-refractivity contribution in [3.05, 3.63) is 78.4 Å². The summed E-state index contributed by atoms with van der Waals surface area (Å²) in [7, 11) is 0. The first-order chi connectivity index (χ1) is 18.8.